The summed E-state index contributed by atoms with van der Waals surface area (Å²) < 4.78 is 10.8. The van der Waals surface area contributed by atoms with E-state index in [9.17, 15) is 9.59 Å². The van der Waals surface area contributed by atoms with Crippen LogP contribution in [0.2, 0.25) is 0 Å². The fourth-order valence-electron chi connectivity index (χ4n) is 2.61. The predicted octanol–water partition coefficient (Wildman–Crippen LogP) is 3.80. The van der Waals surface area contributed by atoms with Gasteiger partial charge in [0.1, 0.15) is 6.61 Å². The van der Waals surface area contributed by atoms with Crippen molar-refractivity contribution in [1.82, 2.24) is 5.32 Å². The molecule has 0 atom stereocenters. The molecule has 6 heteroatoms. The minimum Gasteiger partial charge on any atom is -0.493 e. The summed E-state index contributed by atoms with van der Waals surface area (Å²) in [6.45, 7) is 4.00. The van der Waals surface area contributed by atoms with Crippen molar-refractivity contribution in [2.24, 2.45) is 0 Å². The van der Waals surface area contributed by atoms with E-state index in [1.807, 2.05) is 6.07 Å². The summed E-state index contributed by atoms with van der Waals surface area (Å²) in [6.07, 6.45) is 6.87. The Hall–Kier alpha value is -3.54. The lowest BCUT2D eigenvalue weighted by Crippen LogP contribution is -2.25. The molecular formula is C23H24N2O4. The fourth-order valence-corrected chi connectivity index (χ4v) is 2.61. The minimum atomic E-state index is -0.272. The molecule has 1 aliphatic rings. The van der Waals surface area contributed by atoms with Gasteiger partial charge in [-0.2, -0.15) is 0 Å². The molecule has 1 aliphatic carbocycles. The summed E-state index contributed by atoms with van der Waals surface area (Å²) in [7, 11) is 1.56. The summed E-state index contributed by atoms with van der Waals surface area (Å²) in [6, 6.07) is 12.5. The Labute approximate surface area is 170 Å². The first-order valence-electron chi connectivity index (χ1n) is 9.41. The molecule has 0 unspecified atom stereocenters. The van der Waals surface area contributed by atoms with Gasteiger partial charge < -0.3 is 20.1 Å². The number of rotatable bonds is 9. The quantitative estimate of drug-likeness (QED) is 0.503. The molecule has 2 N–H and O–H groups in total. The number of anilines is 1. The van der Waals surface area contributed by atoms with E-state index >= 15 is 0 Å². The molecule has 0 bridgehead atoms. The Bertz CT molecular complexity index is 915. The highest BCUT2D eigenvalue weighted by molar-refractivity contribution is 6.02. The molecule has 2 amide bonds. The molecule has 6 nitrogen and oxygen atoms in total. The van der Waals surface area contributed by atoms with Gasteiger partial charge in [0.25, 0.3) is 5.91 Å². The highest BCUT2D eigenvalue weighted by atomic mass is 16.5. The maximum atomic E-state index is 12.2. The van der Waals surface area contributed by atoms with Gasteiger partial charge in [-0.05, 0) is 60.9 Å². The van der Waals surface area contributed by atoms with Gasteiger partial charge in [0, 0.05) is 23.4 Å². The smallest absolute Gasteiger partial charge is 0.251 e. The number of hydrogen-bond acceptors (Lipinski definition) is 4. The van der Waals surface area contributed by atoms with Crippen molar-refractivity contribution in [3.8, 4) is 11.5 Å². The van der Waals surface area contributed by atoms with Crippen molar-refractivity contribution in [3.05, 3.63) is 72.3 Å². The molecule has 0 radical (unpaired) electrons. The van der Waals surface area contributed by atoms with E-state index in [-0.39, 0.29) is 11.8 Å². The molecule has 150 valence electrons. The Morgan fingerprint density at radius 2 is 1.90 bits per heavy atom. The zero-order valence-electron chi connectivity index (χ0n) is 16.3. The summed E-state index contributed by atoms with van der Waals surface area (Å²) in [5.74, 6) is 0.833. The van der Waals surface area contributed by atoms with Crippen LogP contribution < -0.4 is 20.1 Å². The van der Waals surface area contributed by atoms with Gasteiger partial charge in [-0.15, -0.1) is 0 Å². The van der Waals surface area contributed by atoms with Gasteiger partial charge in [0.05, 0.1) is 7.11 Å². The number of methoxy groups -OCH3 is 1. The van der Waals surface area contributed by atoms with Crippen LogP contribution >= 0.6 is 0 Å². The molecule has 0 saturated heterocycles. The highest BCUT2D eigenvalue weighted by Crippen LogP contribution is 2.28. The van der Waals surface area contributed by atoms with Gasteiger partial charge >= 0.3 is 0 Å². The van der Waals surface area contributed by atoms with Crippen molar-refractivity contribution in [3.63, 3.8) is 0 Å². The van der Waals surface area contributed by atoms with E-state index in [4.69, 9.17) is 9.47 Å². The van der Waals surface area contributed by atoms with E-state index in [1.54, 1.807) is 55.7 Å². The van der Waals surface area contributed by atoms with Gasteiger partial charge in [-0.25, -0.2) is 0 Å². The van der Waals surface area contributed by atoms with Crippen LogP contribution in [-0.4, -0.2) is 31.6 Å². The van der Waals surface area contributed by atoms with Crippen LogP contribution in [0.25, 0.3) is 6.08 Å². The third-order valence-corrected chi connectivity index (χ3v) is 4.30. The second-order valence-corrected chi connectivity index (χ2v) is 6.66. The Morgan fingerprint density at radius 3 is 2.55 bits per heavy atom. The molecule has 1 saturated carbocycles. The van der Waals surface area contributed by atoms with Crippen LogP contribution in [0, 0.1) is 0 Å². The Balaban J connectivity index is 1.57. The lowest BCUT2D eigenvalue weighted by Gasteiger charge is -2.09. The first kappa shape index (κ1) is 20.2. The third kappa shape index (κ3) is 5.97. The minimum absolute atomic E-state index is 0.0836. The molecule has 0 spiro atoms. The largest absolute Gasteiger partial charge is 0.493 e. The third-order valence-electron chi connectivity index (χ3n) is 4.30. The van der Waals surface area contributed by atoms with Crippen molar-refractivity contribution >= 4 is 23.6 Å². The molecule has 2 aromatic rings. The number of benzene rings is 2. The molecule has 0 aromatic heterocycles. The normalized spacial score (nSPS) is 13.0. The maximum Gasteiger partial charge on any atom is 0.251 e. The van der Waals surface area contributed by atoms with Crippen molar-refractivity contribution in [2.75, 3.05) is 19.0 Å². The summed E-state index contributed by atoms with van der Waals surface area (Å²) in [5.41, 5.74) is 2.00. The van der Waals surface area contributed by atoms with E-state index < -0.39 is 0 Å². The predicted molar refractivity (Wildman–Crippen MR) is 113 cm³/mol. The van der Waals surface area contributed by atoms with Crippen molar-refractivity contribution < 1.29 is 19.1 Å². The van der Waals surface area contributed by atoms with Gasteiger partial charge in [0.2, 0.25) is 5.91 Å². The molecule has 2 aromatic carbocycles. The zero-order valence-corrected chi connectivity index (χ0v) is 16.3. The van der Waals surface area contributed by atoms with Crippen LogP contribution in [0.5, 0.6) is 11.5 Å². The number of hydrogen-bond donors (Lipinski definition) is 2. The van der Waals surface area contributed by atoms with Gasteiger partial charge in [-0.3, -0.25) is 9.59 Å². The summed E-state index contributed by atoms with van der Waals surface area (Å²) in [4.78, 5) is 24.2. The number of carbonyl (C=O) groups excluding carboxylic acids is 2. The SMILES string of the molecule is C=CCOc1ccc(/C=C/C(=O)Nc2ccc(C(=O)NC3CC3)cc2)cc1OC. The average Bonchev–Trinajstić information content (AvgIpc) is 3.55. The van der Waals surface area contributed by atoms with E-state index in [0.29, 0.717) is 35.4 Å². The second kappa shape index (κ2) is 9.59. The fraction of sp³-hybridized carbons (Fsp3) is 0.217. The lowest BCUT2D eigenvalue weighted by molar-refractivity contribution is -0.111. The molecule has 3 rings (SSSR count). The molecule has 1 fully saturated rings. The van der Waals surface area contributed by atoms with Gasteiger partial charge in [0.15, 0.2) is 11.5 Å². The number of ether oxygens (including phenoxy) is 2. The molecule has 0 aliphatic heterocycles. The molecular weight excluding hydrogens is 368 g/mol. The van der Waals surface area contributed by atoms with Crippen molar-refractivity contribution in [2.45, 2.75) is 18.9 Å². The van der Waals surface area contributed by atoms with Gasteiger partial charge in [-0.1, -0.05) is 18.7 Å². The number of carbonyl (C=O) groups is 2. The van der Waals surface area contributed by atoms with E-state index in [2.05, 4.69) is 17.2 Å². The Morgan fingerprint density at radius 1 is 1.14 bits per heavy atom. The number of amides is 2. The standard InChI is InChI=1S/C23H24N2O4/c1-3-14-29-20-12-4-16(15-21(20)28-2)5-13-22(26)24-18-8-6-17(7-9-18)23(27)25-19-10-11-19/h3-9,12-13,15,19H,1,10-11,14H2,2H3,(H,24,26)(H,25,27)/b13-5+. The number of nitrogens with one attached hydrogen (secondary N) is 2. The van der Waals surface area contributed by atoms with Crippen LogP contribution in [0.4, 0.5) is 5.69 Å². The zero-order chi connectivity index (χ0) is 20.6. The second-order valence-electron chi connectivity index (χ2n) is 6.66. The molecule has 0 heterocycles. The monoisotopic (exact) mass is 392 g/mol. The highest BCUT2D eigenvalue weighted by Gasteiger charge is 2.23. The van der Waals surface area contributed by atoms with Crippen LogP contribution in [0.1, 0.15) is 28.8 Å². The van der Waals surface area contributed by atoms with E-state index in [0.717, 1.165) is 18.4 Å². The lowest BCUT2D eigenvalue weighted by atomic mass is 10.1. The summed E-state index contributed by atoms with van der Waals surface area (Å²) >= 11 is 0. The topological polar surface area (TPSA) is 76.7 Å². The Kier molecular flexibility index (Phi) is 6.68. The summed E-state index contributed by atoms with van der Waals surface area (Å²) in [5, 5.41) is 5.71. The van der Waals surface area contributed by atoms with Crippen LogP contribution in [0.3, 0.4) is 0 Å². The van der Waals surface area contributed by atoms with Crippen LogP contribution in [-0.2, 0) is 4.79 Å². The van der Waals surface area contributed by atoms with Crippen molar-refractivity contribution in [1.29, 1.82) is 0 Å². The first-order valence-corrected chi connectivity index (χ1v) is 9.41. The molecule has 29 heavy (non-hydrogen) atoms. The van der Waals surface area contributed by atoms with E-state index in [1.165, 1.54) is 6.08 Å². The first-order chi connectivity index (χ1) is 14.1. The maximum absolute atomic E-state index is 12.2. The van der Waals surface area contributed by atoms with Crippen LogP contribution in [0.15, 0.2) is 61.2 Å². The average molecular weight is 392 g/mol.